The van der Waals surface area contributed by atoms with Gasteiger partial charge in [0.1, 0.15) is 5.76 Å². The molecular formula is C9H16N2O4S. The highest BCUT2D eigenvalue weighted by atomic mass is 32.2. The first-order chi connectivity index (χ1) is 7.60. The number of furan rings is 1. The standard InChI is InChI=1S/C9H16N2O4S/c1-14-6-2-5-11-16(12,13)9-4-3-8(7-10)15-9/h3-4,11H,2,5-7,10H2,1H3. The first-order valence-corrected chi connectivity index (χ1v) is 6.36. The number of sulfonamides is 1. The highest BCUT2D eigenvalue weighted by Gasteiger charge is 2.17. The third-order valence-corrected chi connectivity index (χ3v) is 3.25. The monoisotopic (exact) mass is 248 g/mol. The summed E-state index contributed by atoms with van der Waals surface area (Å²) in [6, 6.07) is 2.94. The second-order valence-corrected chi connectivity index (χ2v) is 4.87. The maximum atomic E-state index is 11.6. The zero-order valence-electron chi connectivity index (χ0n) is 9.10. The molecule has 1 aromatic rings. The molecule has 7 heteroatoms. The average molecular weight is 248 g/mol. The third-order valence-electron chi connectivity index (χ3n) is 1.92. The SMILES string of the molecule is COCCCNS(=O)(=O)c1ccc(CN)o1. The molecule has 0 unspecified atom stereocenters. The lowest BCUT2D eigenvalue weighted by Gasteiger charge is -2.03. The second kappa shape index (κ2) is 6.00. The Labute approximate surface area is 94.8 Å². The van der Waals surface area contributed by atoms with Crippen molar-refractivity contribution in [3.05, 3.63) is 17.9 Å². The van der Waals surface area contributed by atoms with Gasteiger partial charge >= 0.3 is 0 Å². The lowest BCUT2D eigenvalue weighted by atomic mass is 10.5. The van der Waals surface area contributed by atoms with Gasteiger partial charge in [0.2, 0.25) is 5.09 Å². The van der Waals surface area contributed by atoms with Crippen LogP contribution in [-0.4, -0.2) is 28.7 Å². The first-order valence-electron chi connectivity index (χ1n) is 4.87. The van der Waals surface area contributed by atoms with Gasteiger partial charge < -0.3 is 14.9 Å². The molecule has 0 aliphatic carbocycles. The van der Waals surface area contributed by atoms with Gasteiger partial charge in [-0.05, 0) is 18.6 Å². The summed E-state index contributed by atoms with van der Waals surface area (Å²) < 4.78 is 35.5. The number of rotatable bonds is 7. The van der Waals surface area contributed by atoms with E-state index in [0.717, 1.165) is 0 Å². The molecule has 0 radical (unpaired) electrons. The zero-order valence-corrected chi connectivity index (χ0v) is 9.92. The topological polar surface area (TPSA) is 94.6 Å². The van der Waals surface area contributed by atoms with Crippen molar-refractivity contribution in [2.75, 3.05) is 20.3 Å². The van der Waals surface area contributed by atoms with E-state index in [1.807, 2.05) is 0 Å². The van der Waals surface area contributed by atoms with Crippen molar-refractivity contribution < 1.29 is 17.6 Å². The van der Waals surface area contributed by atoms with Crippen LogP contribution in [0.25, 0.3) is 0 Å². The molecule has 0 aliphatic rings. The molecule has 0 bridgehead atoms. The highest BCUT2D eigenvalue weighted by molar-refractivity contribution is 7.89. The summed E-state index contributed by atoms with van der Waals surface area (Å²) in [5.74, 6) is 0.442. The number of methoxy groups -OCH3 is 1. The van der Waals surface area contributed by atoms with Crippen molar-refractivity contribution >= 4 is 10.0 Å². The van der Waals surface area contributed by atoms with Crippen LogP contribution in [0.1, 0.15) is 12.2 Å². The van der Waals surface area contributed by atoms with E-state index in [2.05, 4.69) is 4.72 Å². The molecule has 1 rings (SSSR count). The van der Waals surface area contributed by atoms with Gasteiger partial charge in [0.05, 0.1) is 6.54 Å². The van der Waals surface area contributed by atoms with Gasteiger partial charge in [0.25, 0.3) is 10.0 Å². The van der Waals surface area contributed by atoms with Gasteiger partial charge in [-0.3, -0.25) is 0 Å². The molecule has 1 aromatic heterocycles. The van der Waals surface area contributed by atoms with Crippen LogP contribution in [-0.2, 0) is 21.3 Å². The molecule has 0 spiro atoms. The van der Waals surface area contributed by atoms with E-state index in [9.17, 15) is 8.42 Å². The predicted molar refractivity (Wildman–Crippen MR) is 58.3 cm³/mol. The smallest absolute Gasteiger partial charge is 0.273 e. The zero-order chi connectivity index (χ0) is 12.0. The third kappa shape index (κ3) is 3.60. The molecule has 3 N–H and O–H groups in total. The van der Waals surface area contributed by atoms with Crippen molar-refractivity contribution in [3.63, 3.8) is 0 Å². The normalized spacial score (nSPS) is 11.9. The fraction of sp³-hybridized carbons (Fsp3) is 0.556. The molecule has 0 aliphatic heterocycles. The van der Waals surface area contributed by atoms with Gasteiger partial charge in [-0.2, -0.15) is 0 Å². The van der Waals surface area contributed by atoms with Crippen molar-refractivity contribution in [1.82, 2.24) is 4.72 Å². The maximum absolute atomic E-state index is 11.6. The molecule has 0 atom stereocenters. The Morgan fingerprint density at radius 1 is 1.50 bits per heavy atom. The average Bonchev–Trinajstić information content (AvgIpc) is 2.73. The predicted octanol–water partition coefficient (Wildman–Crippen LogP) is 0.0531. The molecule has 0 aromatic carbocycles. The minimum absolute atomic E-state index is 0.106. The van der Waals surface area contributed by atoms with E-state index in [4.69, 9.17) is 14.9 Å². The van der Waals surface area contributed by atoms with E-state index in [1.165, 1.54) is 6.07 Å². The number of hydrogen-bond donors (Lipinski definition) is 2. The maximum Gasteiger partial charge on any atom is 0.273 e. The molecule has 16 heavy (non-hydrogen) atoms. The number of hydrogen-bond acceptors (Lipinski definition) is 5. The summed E-state index contributed by atoms with van der Waals surface area (Å²) >= 11 is 0. The van der Waals surface area contributed by atoms with E-state index >= 15 is 0 Å². The quantitative estimate of drug-likeness (QED) is 0.665. The van der Waals surface area contributed by atoms with Crippen LogP contribution in [0.3, 0.4) is 0 Å². The van der Waals surface area contributed by atoms with Gasteiger partial charge in [-0.15, -0.1) is 0 Å². The van der Waals surface area contributed by atoms with Crippen molar-refractivity contribution in [2.45, 2.75) is 18.1 Å². The largest absolute Gasteiger partial charge is 0.447 e. The molecule has 0 fully saturated rings. The summed E-state index contributed by atoms with van der Waals surface area (Å²) in [5.41, 5.74) is 5.32. The van der Waals surface area contributed by atoms with E-state index in [-0.39, 0.29) is 11.6 Å². The number of nitrogens with two attached hydrogens (primary N) is 1. The van der Waals surface area contributed by atoms with E-state index in [1.54, 1.807) is 13.2 Å². The Kier molecular flexibility index (Phi) is 4.94. The Hall–Kier alpha value is -0.890. The Morgan fingerprint density at radius 2 is 2.25 bits per heavy atom. The lowest BCUT2D eigenvalue weighted by molar-refractivity contribution is 0.196. The molecule has 0 saturated carbocycles. The second-order valence-electron chi connectivity index (χ2n) is 3.17. The van der Waals surface area contributed by atoms with Crippen LogP contribution in [0.15, 0.2) is 21.6 Å². The molecular weight excluding hydrogens is 232 g/mol. The first kappa shape index (κ1) is 13.2. The van der Waals surface area contributed by atoms with E-state index < -0.39 is 10.0 Å². The van der Waals surface area contributed by atoms with Crippen LogP contribution in [0, 0.1) is 0 Å². The molecule has 0 amide bonds. The molecule has 92 valence electrons. The van der Waals surface area contributed by atoms with Gasteiger partial charge in [-0.1, -0.05) is 0 Å². The van der Waals surface area contributed by atoms with Crippen LogP contribution in [0.5, 0.6) is 0 Å². The lowest BCUT2D eigenvalue weighted by Crippen LogP contribution is -2.25. The molecule has 0 saturated heterocycles. The van der Waals surface area contributed by atoms with E-state index in [0.29, 0.717) is 25.3 Å². The van der Waals surface area contributed by atoms with Gasteiger partial charge in [0, 0.05) is 20.3 Å². The van der Waals surface area contributed by atoms with Gasteiger partial charge in [-0.25, -0.2) is 13.1 Å². The Balaban J connectivity index is 2.56. The fourth-order valence-electron chi connectivity index (χ4n) is 1.11. The van der Waals surface area contributed by atoms with Crippen LogP contribution in [0.4, 0.5) is 0 Å². The summed E-state index contributed by atoms with van der Waals surface area (Å²) in [6.45, 7) is 1.00. The van der Waals surface area contributed by atoms with Crippen LogP contribution < -0.4 is 10.5 Å². The number of ether oxygens (including phenoxy) is 1. The van der Waals surface area contributed by atoms with Crippen LogP contribution in [0.2, 0.25) is 0 Å². The Bertz CT molecular complexity index is 413. The summed E-state index contributed by atoms with van der Waals surface area (Å²) in [6.07, 6.45) is 0.611. The minimum Gasteiger partial charge on any atom is -0.447 e. The molecule has 6 nitrogen and oxygen atoms in total. The van der Waals surface area contributed by atoms with Gasteiger partial charge in [0.15, 0.2) is 0 Å². The molecule has 1 heterocycles. The summed E-state index contributed by atoms with van der Waals surface area (Å²) in [4.78, 5) is 0. The Morgan fingerprint density at radius 3 is 2.81 bits per heavy atom. The van der Waals surface area contributed by atoms with Crippen molar-refractivity contribution in [1.29, 1.82) is 0 Å². The van der Waals surface area contributed by atoms with Crippen LogP contribution >= 0.6 is 0 Å². The van der Waals surface area contributed by atoms with Crippen molar-refractivity contribution in [3.8, 4) is 0 Å². The summed E-state index contributed by atoms with van der Waals surface area (Å²) in [7, 11) is -1.99. The van der Waals surface area contributed by atoms with Crippen molar-refractivity contribution in [2.24, 2.45) is 5.73 Å². The number of nitrogens with one attached hydrogen (secondary N) is 1. The fourth-order valence-corrected chi connectivity index (χ4v) is 2.13. The highest BCUT2D eigenvalue weighted by Crippen LogP contribution is 2.12. The minimum atomic E-state index is -3.56. The summed E-state index contributed by atoms with van der Waals surface area (Å²) in [5, 5.41) is -0.106.